The molecule has 7 heteroatoms. The van der Waals surface area contributed by atoms with E-state index < -0.39 is 46.1 Å². The van der Waals surface area contributed by atoms with E-state index in [0.29, 0.717) is 0 Å². The number of ketones is 1. The highest BCUT2D eigenvalue weighted by atomic mass is 16.7. The van der Waals surface area contributed by atoms with Gasteiger partial charge in [-0.1, -0.05) is 19.9 Å². The van der Waals surface area contributed by atoms with E-state index in [1.807, 2.05) is 19.1 Å². The largest absolute Gasteiger partial charge is 0.472 e. The Morgan fingerprint density at radius 2 is 1.84 bits per heavy atom. The molecule has 1 aromatic heterocycles. The van der Waals surface area contributed by atoms with Gasteiger partial charge in [0.25, 0.3) is 0 Å². The van der Waals surface area contributed by atoms with Crippen LogP contribution in [0, 0.1) is 22.7 Å². The third-order valence-corrected chi connectivity index (χ3v) is 8.80. The summed E-state index contributed by atoms with van der Waals surface area (Å²) in [7, 11) is 0. The fraction of sp³-hybridized carbons (Fsp3) is 0.560. The van der Waals surface area contributed by atoms with Gasteiger partial charge in [-0.3, -0.25) is 9.59 Å². The summed E-state index contributed by atoms with van der Waals surface area (Å²) in [6.07, 6.45) is 8.39. The first kappa shape index (κ1) is 20.0. The molecule has 0 bridgehead atoms. The number of carbonyl (C=O) groups excluding carboxylic acids is 3. The number of carbonyl (C=O) groups is 3. The number of hydrogen-bond donors (Lipinski definition) is 0. The van der Waals surface area contributed by atoms with Crippen molar-refractivity contribution in [2.75, 3.05) is 0 Å². The van der Waals surface area contributed by atoms with Crippen LogP contribution in [-0.4, -0.2) is 35.0 Å². The van der Waals surface area contributed by atoms with Gasteiger partial charge in [0.1, 0.15) is 11.7 Å². The minimum Gasteiger partial charge on any atom is -0.472 e. The SMILES string of the molecule is CC1(C)OC(=O)C=C[C@]2(C)[C@@H]3CC[C@]4(C)[C@@H](C(=O)O[C@H]4c4ccoc4)C3=CC(=O)[C@@H]3O[C@]312. The maximum absolute atomic E-state index is 13.4. The monoisotopic (exact) mass is 438 g/mol. The summed E-state index contributed by atoms with van der Waals surface area (Å²) in [6.45, 7) is 7.70. The number of cyclic esters (lactones) is 2. The Labute approximate surface area is 185 Å². The molecular weight excluding hydrogens is 412 g/mol. The Morgan fingerprint density at radius 1 is 1.06 bits per heavy atom. The maximum atomic E-state index is 13.4. The average molecular weight is 438 g/mol. The van der Waals surface area contributed by atoms with Crippen LogP contribution in [0.1, 0.15) is 52.2 Å². The van der Waals surface area contributed by atoms with Crippen LogP contribution in [0.25, 0.3) is 0 Å². The molecule has 0 unspecified atom stereocenters. The van der Waals surface area contributed by atoms with E-state index in [0.717, 1.165) is 24.0 Å². The van der Waals surface area contributed by atoms with Crippen molar-refractivity contribution in [1.82, 2.24) is 0 Å². The number of hydrogen-bond acceptors (Lipinski definition) is 7. The predicted octanol–water partition coefficient (Wildman–Crippen LogP) is 3.45. The van der Waals surface area contributed by atoms with E-state index in [2.05, 4.69) is 6.92 Å². The summed E-state index contributed by atoms with van der Waals surface area (Å²) in [5, 5.41) is 0. The smallest absolute Gasteiger partial charge is 0.331 e. The highest BCUT2D eigenvalue weighted by molar-refractivity contribution is 6.00. The van der Waals surface area contributed by atoms with Crippen LogP contribution in [-0.2, 0) is 28.6 Å². The minimum atomic E-state index is -1.01. The van der Waals surface area contributed by atoms with Gasteiger partial charge in [-0.2, -0.15) is 0 Å². The van der Waals surface area contributed by atoms with E-state index in [1.54, 1.807) is 32.4 Å². The molecule has 0 amide bonds. The first-order chi connectivity index (χ1) is 15.1. The van der Waals surface area contributed by atoms with E-state index in [-0.39, 0.29) is 17.7 Å². The van der Waals surface area contributed by atoms with Gasteiger partial charge in [0.05, 0.1) is 18.4 Å². The molecule has 7 atom stereocenters. The zero-order valence-corrected chi connectivity index (χ0v) is 18.5. The van der Waals surface area contributed by atoms with Crippen LogP contribution in [0.3, 0.4) is 0 Å². The van der Waals surface area contributed by atoms with Crippen molar-refractivity contribution in [1.29, 1.82) is 0 Å². The van der Waals surface area contributed by atoms with E-state index >= 15 is 0 Å². The minimum absolute atomic E-state index is 0.169. The van der Waals surface area contributed by atoms with Crippen molar-refractivity contribution in [3.63, 3.8) is 0 Å². The number of epoxide rings is 1. The fourth-order valence-electron chi connectivity index (χ4n) is 7.32. The van der Waals surface area contributed by atoms with Gasteiger partial charge < -0.3 is 18.6 Å². The number of rotatable bonds is 1. The molecule has 3 fully saturated rings. The highest BCUT2D eigenvalue weighted by Gasteiger charge is 2.80. The summed E-state index contributed by atoms with van der Waals surface area (Å²) in [4.78, 5) is 39.0. The van der Waals surface area contributed by atoms with Gasteiger partial charge in [0.15, 0.2) is 17.5 Å². The summed E-state index contributed by atoms with van der Waals surface area (Å²) >= 11 is 0. The van der Waals surface area contributed by atoms with Crippen LogP contribution >= 0.6 is 0 Å². The molecule has 1 aromatic rings. The number of fused-ring (bicyclic) bond motifs is 4. The van der Waals surface area contributed by atoms with Crippen LogP contribution < -0.4 is 0 Å². The summed E-state index contributed by atoms with van der Waals surface area (Å²) < 4.78 is 23.0. The molecule has 0 radical (unpaired) electrons. The Balaban J connectivity index is 1.51. The number of furan rings is 1. The molecule has 5 aliphatic rings. The molecule has 2 saturated heterocycles. The first-order valence-corrected chi connectivity index (χ1v) is 11.1. The van der Waals surface area contributed by atoms with Crippen LogP contribution in [0.4, 0.5) is 0 Å². The van der Waals surface area contributed by atoms with Crippen molar-refractivity contribution in [2.45, 2.75) is 63.9 Å². The third kappa shape index (κ3) is 2.13. The van der Waals surface area contributed by atoms with Crippen molar-refractivity contribution in [3.8, 4) is 0 Å². The predicted molar refractivity (Wildman–Crippen MR) is 110 cm³/mol. The second-order valence-corrected chi connectivity index (χ2v) is 10.7. The molecule has 1 saturated carbocycles. The zero-order valence-electron chi connectivity index (χ0n) is 18.5. The zero-order chi connectivity index (χ0) is 22.7. The number of esters is 2. The lowest BCUT2D eigenvalue weighted by Gasteiger charge is -2.50. The molecule has 32 heavy (non-hydrogen) atoms. The summed E-state index contributed by atoms with van der Waals surface area (Å²) in [5.74, 6) is -1.67. The Kier molecular flexibility index (Phi) is 3.63. The van der Waals surface area contributed by atoms with Crippen molar-refractivity contribution < 1.29 is 33.0 Å². The quantitative estimate of drug-likeness (QED) is 0.489. The van der Waals surface area contributed by atoms with Gasteiger partial charge in [0.2, 0.25) is 0 Å². The Morgan fingerprint density at radius 3 is 2.56 bits per heavy atom. The molecule has 2 aliphatic carbocycles. The molecule has 0 aromatic carbocycles. The summed E-state index contributed by atoms with van der Waals surface area (Å²) in [5.41, 5.74) is -1.59. The standard InChI is InChI=1S/C25H26O7/c1-22(2)25-20(32-25)16(26)11-14-15(24(25,4)9-6-17(27)31-22)5-8-23(3)18(14)21(28)30-19(23)13-7-10-29-12-13/h6-7,9-12,15,18-20H,5,8H2,1-4H3/t15-,18-,19+,20+,23-,24-,25-/m1/s1. The fourth-order valence-corrected chi connectivity index (χ4v) is 7.32. The summed E-state index contributed by atoms with van der Waals surface area (Å²) in [6, 6.07) is 1.82. The molecule has 4 heterocycles. The first-order valence-electron chi connectivity index (χ1n) is 11.1. The topological polar surface area (TPSA) is 95.3 Å². The molecular formula is C25H26O7. The lowest BCUT2D eigenvalue weighted by Crippen LogP contribution is -2.57. The lowest BCUT2D eigenvalue weighted by molar-refractivity contribution is -0.162. The van der Waals surface area contributed by atoms with Gasteiger partial charge in [-0.15, -0.1) is 0 Å². The molecule has 3 aliphatic heterocycles. The van der Waals surface area contributed by atoms with Crippen LogP contribution in [0.5, 0.6) is 0 Å². The van der Waals surface area contributed by atoms with E-state index in [4.69, 9.17) is 18.6 Å². The lowest BCUT2D eigenvalue weighted by atomic mass is 9.51. The maximum Gasteiger partial charge on any atom is 0.331 e. The van der Waals surface area contributed by atoms with Crippen molar-refractivity contribution >= 4 is 17.7 Å². The second-order valence-electron chi connectivity index (χ2n) is 10.7. The van der Waals surface area contributed by atoms with Crippen LogP contribution in [0.15, 0.2) is 46.8 Å². The van der Waals surface area contributed by atoms with Gasteiger partial charge in [0, 0.05) is 22.5 Å². The van der Waals surface area contributed by atoms with Gasteiger partial charge in [-0.25, -0.2) is 4.79 Å². The molecule has 7 nitrogen and oxygen atoms in total. The molecule has 168 valence electrons. The molecule has 6 rings (SSSR count). The van der Waals surface area contributed by atoms with Crippen LogP contribution in [0.2, 0.25) is 0 Å². The third-order valence-electron chi connectivity index (χ3n) is 8.80. The van der Waals surface area contributed by atoms with Gasteiger partial charge in [-0.05, 0) is 50.3 Å². The normalized spacial score (nSPS) is 45.9. The second kappa shape index (κ2) is 5.81. The Hall–Kier alpha value is -2.67. The average Bonchev–Trinajstić information content (AvgIpc) is 3.23. The highest BCUT2D eigenvalue weighted by Crippen LogP contribution is 2.70. The van der Waals surface area contributed by atoms with E-state index in [9.17, 15) is 14.4 Å². The molecule has 0 N–H and O–H groups in total. The van der Waals surface area contributed by atoms with Crippen molar-refractivity contribution in [2.24, 2.45) is 22.7 Å². The Bertz CT molecular complexity index is 1110. The van der Waals surface area contributed by atoms with Gasteiger partial charge >= 0.3 is 11.9 Å². The molecule has 1 spiro atoms. The van der Waals surface area contributed by atoms with Crippen molar-refractivity contribution in [3.05, 3.63) is 48.0 Å². The van der Waals surface area contributed by atoms with E-state index in [1.165, 1.54) is 6.08 Å². The number of ether oxygens (including phenoxy) is 3.